The van der Waals surface area contributed by atoms with E-state index in [-0.39, 0.29) is 11.6 Å². The van der Waals surface area contributed by atoms with E-state index in [4.69, 9.17) is 4.74 Å². The number of anilines is 1. The normalized spacial score (nSPS) is 14.9. The maximum atomic E-state index is 13.1. The molecule has 0 radical (unpaired) electrons. The van der Waals surface area contributed by atoms with Crippen LogP contribution in [0.1, 0.15) is 40.4 Å². The first-order valence-electron chi connectivity index (χ1n) is 10.3. The quantitative estimate of drug-likeness (QED) is 0.603. The van der Waals surface area contributed by atoms with Gasteiger partial charge >= 0.3 is 6.18 Å². The number of hydrogen-bond donors (Lipinski definition) is 2. The van der Waals surface area contributed by atoms with Gasteiger partial charge in [0.05, 0.1) is 35.8 Å². The van der Waals surface area contributed by atoms with Gasteiger partial charge in [0.1, 0.15) is 5.75 Å². The molecule has 9 heteroatoms. The number of carbonyl (C=O) groups is 1. The molecule has 0 atom stereocenters. The molecule has 168 valence electrons. The van der Waals surface area contributed by atoms with Gasteiger partial charge in [0.25, 0.3) is 5.91 Å². The second kappa shape index (κ2) is 9.04. The number of piperidine rings is 1. The zero-order valence-electron chi connectivity index (χ0n) is 17.4. The lowest BCUT2D eigenvalue weighted by Crippen LogP contribution is -2.29. The number of nitrogens with zero attached hydrogens (tertiary/aromatic N) is 2. The monoisotopic (exact) mass is 444 g/mol. The molecule has 0 unspecified atom stereocenters. The predicted molar refractivity (Wildman–Crippen MR) is 114 cm³/mol. The molecule has 2 N–H and O–H groups in total. The van der Waals surface area contributed by atoms with E-state index >= 15 is 0 Å². The maximum Gasteiger partial charge on any atom is 0.416 e. The van der Waals surface area contributed by atoms with Gasteiger partial charge in [-0.2, -0.15) is 18.3 Å². The number of carbonyl (C=O) groups excluding carboxylic acids is 1. The number of nitrogens with one attached hydrogen (secondary N) is 2. The fraction of sp³-hybridized carbons (Fsp3) is 0.304. The van der Waals surface area contributed by atoms with Crippen molar-refractivity contribution in [1.82, 2.24) is 15.1 Å². The zero-order chi connectivity index (χ0) is 22.7. The van der Waals surface area contributed by atoms with Gasteiger partial charge in [-0.05, 0) is 68.4 Å². The summed E-state index contributed by atoms with van der Waals surface area (Å²) in [5.74, 6) is 0.299. The third kappa shape index (κ3) is 4.62. The lowest BCUT2D eigenvalue weighted by Gasteiger charge is -2.24. The van der Waals surface area contributed by atoms with Crippen molar-refractivity contribution < 1.29 is 22.7 Å². The summed E-state index contributed by atoms with van der Waals surface area (Å²) < 4.78 is 46.1. The van der Waals surface area contributed by atoms with Crippen LogP contribution in [0.15, 0.2) is 54.7 Å². The van der Waals surface area contributed by atoms with Crippen LogP contribution >= 0.6 is 0 Å². The zero-order valence-corrected chi connectivity index (χ0v) is 17.4. The molecular weight excluding hydrogens is 421 g/mol. The van der Waals surface area contributed by atoms with E-state index in [0.29, 0.717) is 11.3 Å². The highest BCUT2D eigenvalue weighted by molar-refractivity contribution is 6.05. The van der Waals surface area contributed by atoms with Gasteiger partial charge in [0.15, 0.2) is 0 Å². The summed E-state index contributed by atoms with van der Waals surface area (Å²) in [4.78, 5) is 13.1. The minimum absolute atomic E-state index is 0.0817. The second-order valence-electron chi connectivity index (χ2n) is 7.61. The van der Waals surface area contributed by atoms with Crippen molar-refractivity contribution >= 4 is 11.6 Å². The first kappa shape index (κ1) is 21.9. The summed E-state index contributed by atoms with van der Waals surface area (Å²) in [6, 6.07) is 11.9. The van der Waals surface area contributed by atoms with Crippen LogP contribution in [0.2, 0.25) is 0 Å². The average molecular weight is 444 g/mol. The molecule has 0 saturated carbocycles. The molecule has 0 spiro atoms. The summed E-state index contributed by atoms with van der Waals surface area (Å²) >= 11 is 0. The summed E-state index contributed by atoms with van der Waals surface area (Å²) in [7, 11) is 1.58. The van der Waals surface area contributed by atoms with E-state index in [2.05, 4.69) is 15.7 Å². The van der Waals surface area contributed by atoms with Gasteiger partial charge in [0.2, 0.25) is 0 Å². The van der Waals surface area contributed by atoms with E-state index in [1.807, 2.05) is 24.3 Å². The number of alkyl halides is 3. The Labute approximate surface area is 183 Å². The predicted octanol–water partition coefficient (Wildman–Crippen LogP) is 4.62. The Morgan fingerprint density at radius 1 is 1.16 bits per heavy atom. The van der Waals surface area contributed by atoms with E-state index in [0.717, 1.165) is 49.4 Å². The van der Waals surface area contributed by atoms with Crippen LogP contribution in [-0.4, -0.2) is 35.9 Å². The highest BCUT2D eigenvalue weighted by atomic mass is 19.4. The number of halogens is 3. The van der Waals surface area contributed by atoms with E-state index in [1.165, 1.54) is 18.3 Å². The number of methoxy groups -OCH3 is 1. The smallest absolute Gasteiger partial charge is 0.416 e. The van der Waals surface area contributed by atoms with Crippen molar-refractivity contribution in [3.8, 4) is 11.4 Å². The molecule has 4 rings (SSSR count). The largest absolute Gasteiger partial charge is 0.497 e. The molecule has 32 heavy (non-hydrogen) atoms. The molecule has 0 aliphatic carbocycles. The molecule has 1 aliphatic rings. The molecule has 2 aromatic carbocycles. The Kier molecular flexibility index (Phi) is 6.18. The molecule has 6 nitrogen and oxygen atoms in total. The molecule has 1 aliphatic heterocycles. The van der Waals surface area contributed by atoms with Crippen LogP contribution in [0.3, 0.4) is 0 Å². The molecule has 1 amide bonds. The Morgan fingerprint density at radius 2 is 1.88 bits per heavy atom. The SMILES string of the molecule is COc1ccc(-n2ncc(C(=O)Nc3cccc(C(F)(F)F)c3)c2C2CCNCC2)cc1. The van der Waals surface area contributed by atoms with E-state index in [1.54, 1.807) is 11.8 Å². The van der Waals surface area contributed by atoms with E-state index < -0.39 is 17.6 Å². The fourth-order valence-electron chi connectivity index (χ4n) is 3.92. The molecule has 2 heterocycles. The van der Waals surface area contributed by atoms with Gasteiger partial charge < -0.3 is 15.4 Å². The number of hydrogen-bond acceptors (Lipinski definition) is 4. The Balaban J connectivity index is 1.68. The lowest BCUT2D eigenvalue weighted by molar-refractivity contribution is -0.137. The number of amides is 1. The lowest BCUT2D eigenvalue weighted by atomic mass is 9.91. The van der Waals surface area contributed by atoms with E-state index in [9.17, 15) is 18.0 Å². The van der Waals surface area contributed by atoms with Crippen LogP contribution < -0.4 is 15.4 Å². The fourth-order valence-corrected chi connectivity index (χ4v) is 3.92. The van der Waals surface area contributed by atoms with Gasteiger partial charge in [-0.15, -0.1) is 0 Å². The van der Waals surface area contributed by atoms with Gasteiger partial charge in [-0.25, -0.2) is 4.68 Å². The average Bonchev–Trinajstić information content (AvgIpc) is 3.25. The Hall–Kier alpha value is -3.33. The molecule has 3 aromatic rings. The minimum atomic E-state index is -4.49. The topological polar surface area (TPSA) is 68.2 Å². The third-order valence-corrected chi connectivity index (χ3v) is 5.54. The van der Waals surface area contributed by atoms with Crippen LogP contribution in [0.4, 0.5) is 18.9 Å². The maximum absolute atomic E-state index is 13.1. The summed E-state index contributed by atoms with van der Waals surface area (Å²) in [5, 5.41) is 10.4. The molecule has 0 bridgehead atoms. The summed E-state index contributed by atoms with van der Waals surface area (Å²) in [5.41, 5.74) is 1.14. The Bertz CT molecular complexity index is 1090. The number of aromatic nitrogens is 2. The van der Waals surface area contributed by atoms with Gasteiger partial charge in [0, 0.05) is 11.6 Å². The first-order valence-corrected chi connectivity index (χ1v) is 10.3. The highest BCUT2D eigenvalue weighted by Gasteiger charge is 2.31. The summed E-state index contributed by atoms with van der Waals surface area (Å²) in [6.45, 7) is 1.63. The summed E-state index contributed by atoms with van der Waals surface area (Å²) in [6.07, 6.45) is -1.36. The Morgan fingerprint density at radius 3 is 2.53 bits per heavy atom. The van der Waals surface area contributed by atoms with Crippen molar-refractivity contribution in [2.45, 2.75) is 24.9 Å². The van der Waals surface area contributed by atoms with Crippen LogP contribution in [0.25, 0.3) is 5.69 Å². The molecule has 1 fully saturated rings. The number of rotatable bonds is 5. The van der Waals surface area contributed by atoms with Gasteiger partial charge in [-0.1, -0.05) is 6.07 Å². The van der Waals surface area contributed by atoms with Crippen LogP contribution in [-0.2, 0) is 6.18 Å². The van der Waals surface area contributed by atoms with Crippen molar-refractivity contribution in [3.05, 3.63) is 71.5 Å². The van der Waals surface area contributed by atoms with Crippen molar-refractivity contribution in [1.29, 1.82) is 0 Å². The molecule has 1 saturated heterocycles. The molecular formula is C23H23F3N4O2. The van der Waals surface area contributed by atoms with Crippen molar-refractivity contribution in [2.75, 3.05) is 25.5 Å². The highest BCUT2D eigenvalue weighted by Crippen LogP contribution is 2.33. The third-order valence-electron chi connectivity index (χ3n) is 5.54. The molecule has 1 aromatic heterocycles. The van der Waals surface area contributed by atoms with Gasteiger partial charge in [-0.3, -0.25) is 4.79 Å². The van der Waals surface area contributed by atoms with Crippen molar-refractivity contribution in [2.24, 2.45) is 0 Å². The minimum Gasteiger partial charge on any atom is -0.497 e. The van der Waals surface area contributed by atoms with Crippen LogP contribution in [0.5, 0.6) is 5.75 Å². The standard InChI is InChI=1S/C23H23F3N4O2/c1-32-19-7-5-18(6-8-19)30-21(15-9-11-27-12-10-15)20(14-28-30)22(31)29-17-4-2-3-16(13-17)23(24,25)26/h2-8,13-15,27H,9-12H2,1H3,(H,29,31). The van der Waals surface area contributed by atoms with Crippen molar-refractivity contribution in [3.63, 3.8) is 0 Å². The number of ether oxygens (including phenoxy) is 1. The number of benzene rings is 2. The first-order chi connectivity index (χ1) is 15.4. The second-order valence-corrected chi connectivity index (χ2v) is 7.61. The van der Waals surface area contributed by atoms with Crippen LogP contribution in [0, 0.1) is 0 Å².